The van der Waals surface area contributed by atoms with E-state index in [0.29, 0.717) is 18.4 Å². The molecule has 0 spiro atoms. The zero-order valence-corrected chi connectivity index (χ0v) is 13.4. The number of rotatable bonds is 7. The third-order valence-electron chi connectivity index (χ3n) is 3.91. The average Bonchev–Trinajstić information content (AvgIpc) is 2.54. The SMILES string of the molecule is O=C(O)CCCc1cc(O)cc(OC2OC(CO)C(O)C(O)C2O)c1. The van der Waals surface area contributed by atoms with Crippen molar-refractivity contribution in [1.82, 2.24) is 0 Å². The number of phenolic OH excluding ortho intramolecular Hbond substituents is 1. The van der Waals surface area contributed by atoms with Crippen LogP contribution in [0.15, 0.2) is 18.2 Å². The first-order chi connectivity index (χ1) is 11.8. The summed E-state index contributed by atoms with van der Waals surface area (Å²) in [5.74, 6) is -0.903. The molecule has 0 aromatic heterocycles. The smallest absolute Gasteiger partial charge is 0.303 e. The van der Waals surface area contributed by atoms with Crippen LogP contribution in [0.3, 0.4) is 0 Å². The van der Waals surface area contributed by atoms with Crippen molar-refractivity contribution in [3.05, 3.63) is 23.8 Å². The highest BCUT2D eigenvalue weighted by atomic mass is 16.7. The second-order valence-corrected chi connectivity index (χ2v) is 5.90. The van der Waals surface area contributed by atoms with Gasteiger partial charge in [-0.25, -0.2) is 0 Å². The molecule has 9 heteroatoms. The van der Waals surface area contributed by atoms with Crippen molar-refractivity contribution in [2.24, 2.45) is 0 Å². The lowest BCUT2D eigenvalue weighted by molar-refractivity contribution is -0.277. The molecule has 0 bridgehead atoms. The van der Waals surface area contributed by atoms with E-state index in [1.54, 1.807) is 6.07 Å². The first kappa shape index (κ1) is 19.4. The number of hydrogen-bond donors (Lipinski definition) is 6. The van der Waals surface area contributed by atoms with Crippen molar-refractivity contribution in [1.29, 1.82) is 0 Å². The Bertz CT molecular complexity index is 589. The quantitative estimate of drug-likeness (QED) is 0.359. The van der Waals surface area contributed by atoms with Gasteiger partial charge < -0.3 is 40.1 Å². The molecule has 5 unspecified atom stereocenters. The van der Waals surface area contributed by atoms with Crippen LogP contribution in [0, 0.1) is 0 Å². The molecular weight excluding hydrogens is 336 g/mol. The Hall–Kier alpha value is -1.91. The van der Waals surface area contributed by atoms with E-state index in [1.807, 2.05) is 0 Å². The fourth-order valence-electron chi connectivity index (χ4n) is 2.60. The minimum Gasteiger partial charge on any atom is -0.508 e. The van der Waals surface area contributed by atoms with Gasteiger partial charge in [-0.2, -0.15) is 0 Å². The number of aryl methyl sites for hydroxylation is 1. The number of carboxylic acids is 1. The summed E-state index contributed by atoms with van der Waals surface area (Å²) in [4.78, 5) is 10.6. The van der Waals surface area contributed by atoms with Gasteiger partial charge in [0.15, 0.2) is 0 Å². The largest absolute Gasteiger partial charge is 0.508 e. The minimum atomic E-state index is -1.57. The van der Waals surface area contributed by atoms with Gasteiger partial charge in [-0.05, 0) is 30.5 Å². The number of aliphatic carboxylic acids is 1. The Morgan fingerprint density at radius 3 is 2.48 bits per heavy atom. The summed E-state index contributed by atoms with van der Waals surface area (Å²) >= 11 is 0. The zero-order chi connectivity index (χ0) is 18.6. The highest BCUT2D eigenvalue weighted by Gasteiger charge is 2.44. The standard InChI is InChI=1S/C16H22O9/c17-7-11-13(21)14(22)15(23)16(25-11)24-10-5-8(4-9(18)6-10)2-1-3-12(19)20/h4-6,11,13-18,21-23H,1-3,7H2,(H,19,20). The van der Waals surface area contributed by atoms with Gasteiger partial charge >= 0.3 is 5.97 Å². The first-order valence-electron chi connectivity index (χ1n) is 7.83. The van der Waals surface area contributed by atoms with E-state index in [1.165, 1.54) is 12.1 Å². The predicted octanol–water partition coefficient (Wildman–Crippen LogP) is -1.02. The molecule has 140 valence electrons. The highest BCUT2D eigenvalue weighted by molar-refractivity contribution is 5.66. The van der Waals surface area contributed by atoms with Gasteiger partial charge in [0.05, 0.1) is 6.61 Å². The number of benzene rings is 1. The van der Waals surface area contributed by atoms with Gasteiger partial charge in [0, 0.05) is 12.5 Å². The van der Waals surface area contributed by atoms with Crippen molar-refractivity contribution >= 4 is 5.97 Å². The molecule has 0 radical (unpaired) electrons. The predicted molar refractivity (Wildman–Crippen MR) is 83.1 cm³/mol. The van der Waals surface area contributed by atoms with E-state index in [4.69, 9.17) is 19.7 Å². The number of aromatic hydroxyl groups is 1. The average molecular weight is 358 g/mol. The van der Waals surface area contributed by atoms with Crippen LogP contribution in [0.5, 0.6) is 11.5 Å². The van der Waals surface area contributed by atoms with Crippen molar-refractivity contribution < 1.29 is 44.9 Å². The third-order valence-corrected chi connectivity index (χ3v) is 3.91. The van der Waals surface area contributed by atoms with Crippen LogP contribution in [0.2, 0.25) is 0 Å². The lowest BCUT2D eigenvalue weighted by atomic mass is 9.99. The fraction of sp³-hybridized carbons (Fsp3) is 0.562. The summed E-state index contributed by atoms with van der Waals surface area (Å²) in [5, 5.41) is 57.0. The second-order valence-electron chi connectivity index (χ2n) is 5.90. The van der Waals surface area contributed by atoms with Gasteiger partial charge in [-0.3, -0.25) is 4.79 Å². The van der Waals surface area contributed by atoms with E-state index >= 15 is 0 Å². The molecule has 1 aromatic carbocycles. The topological polar surface area (TPSA) is 157 Å². The van der Waals surface area contributed by atoms with Crippen LogP contribution in [-0.2, 0) is 16.0 Å². The summed E-state index contributed by atoms with van der Waals surface area (Å²) in [6, 6.07) is 4.27. The van der Waals surface area contributed by atoms with Crippen LogP contribution in [0.4, 0.5) is 0 Å². The summed E-state index contributed by atoms with van der Waals surface area (Å²) < 4.78 is 10.7. The van der Waals surface area contributed by atoms with Crippen LogP contribution in [0.25, 0.3) is 0 Å². The molecule has 1 aliphatic rings. The van der Waals surface area contributed by atoms with Gasteiger partial charge in [0.25, 0.3) is 0 Å². The highest BCUT2D eigenvalue weighted by Crippen LogP contribution is 2.28. The Labute approximate surface area is 143 Å². The first-order valence-corrected chi connectivity index (χ1v) is 7.83. The van der Waals surface area contributed by atoms with Gasteiger partial charge in [0.2, 0.25) is 6.29 Å². The fourth-order valence-corrected chi connectivity index (χ4v) is 2.60. The molecule has 0 amide bonds. The number of aliphatic hydroxyl groups is 4. The maximum atomic E-state index is 10.6. The minimum absolute atomic E-state index is 0.0153. The molecule has 1 aliphatic heterocycles. The Morgan fingerprint density at radius 2 is 1.84 bits per heavy atom. The lowest BCUT2D eigenvalue weighted by Crippen LogP contribution is -2.60. The van der Waals surface area contributed by atoms with Crippen LogP contribution >= 0.6 is 0 Å². The van der Waals surface area contributed by atoms with E-state index in [-0.39, 0.29) is 17.9 Å². The number of carbonyl (C=O) groups is 1. The molecule has 2 rings (SSSR count). The number of phenols is 1. The van der Waals surface area contributed by atoms with Crippen molar-refractivity contribution in [2.45, 2.75) is 50.0 Å². The molecule has 9 nitrogen and oxygen atoms in total. The summed E-state index contributed by atoms with van der Waals surface area (Å²) in [5.41, 5.74) is 0.626. The van der Waals surface area contributed by atoms with E-state index in [0.717, 1.165) is 0 Å². The summed E-state index contributed by atoms with van der Waals surface area (Å²) in [7, 11) is 0. The summed E-state index contributed by atoms with van der Waals surface area (Å²) in [6.07, 6.45) is -6.32. The molecule has 1 fully saturated rings. The number of aliphatic hydroxyl groups excluding tert-OH is 4. The van der Waals surface area contributed by atoms with Crippen molar-refractivity contribution in [3.63, 3.8) is 0 Å². The molecular formula is C16H22O9. The third kappa shape index (κ3) is 5.03. The second kappa shape index (κ2) is 8.45. The van der Waals surface area contributed by atoms with Crippen molar-refractivity contribution in [3.8, 4) is 11.5 Å². The molecule has 5 atom stereocenters. The van der Waals surface area contributed by atoms with Crippen LogP contribution in [-0.4, -0.2) is 73.9 Å². The Kier molecular flexibility index (Phi) is 6.57. The lowest BCUT2D eigenvalue weighted by Gasteiger charge is -2.39. The Morgan fingerprint density at radius 1 is 1.12 bits per heavy atom. The summed E-state index contributed by atoms with van der Waals surface area (Å²) in [6.45, 7) is -0.578. The molecule has 1 aromatic rings. The van der Waals surface area contributed by atoms with Crippen LogP contribution < -0.4 is 4.74 Å². The number of hydrogen-bond acceptors (Lipinski definition) is 8. The van der Waals surface area contributed by atoms with Gasteiger partial charge in [-0.1, -0.05) is 0 Å². The van der Waals surface area contributed by atoms with E-state index < -0.39 is 43.3 Å². The maximum Gasteiger partial charge on any atom is 0.303 e. The van der Waals surface area contributed by atoms with E-state index in [9.17, 15) is 25.2 Å². The molecule has 25 heavy (non-hydrogen) atoms. The number of ether oxygens (including phenoxy) is 2. The van der Waals surface area contributed by atoms with Crippen molar-refractivity contribution in [2.75, 3.05) is 6.61 Å². The molecule has 0 saturated carbocycles. The number of carboxylic acid groups (broad SMARTS) is 1. The maximum absolute atomic E-state index is 10.6. The monoisotopic (exact) mass is 358 g/mol. The van der Waals surface area contributed by atoms with Gasteiger partial charge in [-0.15, -0.1) is 0 Å². The van der Waals surface area contributed by atoms with Gasteiger partial charge in [0.1, 0.15) is 35.9 Å². The normalized spacial score (nSPS) is 29.4. The van der Waals surface area contributed by atoms with Crippen LogP contribution in [0.1, 0.15) is 18.4 Å². The molecule has 1 saturated heterocycles. The molecule has 6 N–H and O–H groups in total. The van der Waals surface area contributed by atoms with E-state index in [2.05, 4.69) is 0 Å². The molecule has 1 heterocycles. The zero-order valence-electron chi connectivity index (χ0n) is 13.4. The Balaban J connectivity index is 2.08. The molecule has 0 aliphatic carbocycles.